The van der Waals surface area contributed by atoms with Crippen LogP contribution in [0.15, 0.2) is 5.16 Å². The summed E-state index contributed by atoms with van der Waals surface area (Å²) in [5.74, 6) is -0.108. The summed E-state index contributed by atoms with van der Waals surface area (Å²) in [6.07, 6.45) is 2.88. The lowest BCUT2D eigenvalue weighted by atomic mass is 9.92. The van der Waals surface area contributed by atoms with Gasteiger partial charge in [0.05, 0.1) is 5.92 Å². The summed E-state index contributed by atoms with van der Waals surface area (Å²) in [7, 11) is 0. The predicted octanol–water partition coefficient (Wildman–Crippen LogP) is 1.31. The summed E-state index contributed by atoms with van der Waals surface area (Å²) in [5.41, 5.74) is 5.76. The van der Waals surface area contributed by atoms with E-state index in [0.717, 1.165) is 0 Å². The third-order valence-electron chi connectivity index (χ3n) is 3.93. The van der Waals surface area contributed by atoms with E-state index in [-0.39, 0.29) is 17.2 Å². The van der Waals surface area contributed by atoms with E-state index in [1.165, 1.54) is 12.8 Å². The first kappa shape index (κ1) is 13.8. The maximum atomic E-state index is 11.9. The Balaban J connectivity index is 2.49. The predicted molar refractivity (Wildman–Crippen MR) is 66.7 cm³/mol. The van der Waals surface area contributed by atoms with Crippen LogP contribution in [0.4, 0.5) is 0 Å². The molecule has 1 rings (SSSR count). The fraction of sp³-hybridized carbons (Fsp3) is 0.833. The van der Waals surface area contributed by atoms with Gasteiger partial charge in [0.2, 0.25) is 5.91 Å². The highest BCUT2D eigenvalue weighted by Crippen LogP contribution is 2.51. The molecule has 17 heavy (non-hydrogen) atoms. The standard InChI is InChI=1S/C12H23N3O2/c1-4-9(10(13)15-17)11(16)14-7-12(5-6-12)8(2)3/h8-9,17H,4-7H2,1-3H3,(H2,13,15)(H,14,16). The molecule has 0 aromatic carbocycles. The van der Waals surface area contributed by atoms with Gasteiger partial charge in [0.15, 0.2) is 5.84 Å². The number of amidine groups is 1. The SMILES string of the molecule is CCC(C(=O)NCC1(C(C)C)CC1)C(N)=NO. The zero-order chi connectivity index (χ0) is 13.1. The number of nitrogens with one attached hydrogen (secondary N) is 1. The van der Waals surface area contributed by atoms with Gasteiger partial charge in [-0.3, -0.25) is 4.79 Å². The number of oxime groups is 1. The number of hydrogen-bond donors (Lipinski definition) is 3. The number of amides is 1. The van der Waals surface area contributed by atoms with Crippen molar-refractivity contribution in [1.82, 2.24) is 5.32 Å². The molecule has 98 valence electrons. The number of carbonyl (C=O) groups excluding carboxylic acids is 1. The van der Waals surface area contributed by atoms with Crippen LogP contribution in [0.25, 0.3) is 0 Å². The maximum Gasteiger partial charge on any atom is 0.230 e. The van der Waals surface area contributed by atoms with Crippen molar-refractivity contribution in [3.8, 4) is 0 Å². The van der Waals surface area contributed by atoms with Crippen molar-refractivity contribution in [3.05, 3.63) is 0 Å². The molecule has 1 aliphatic rings. The van der Waals surface area contributed by atoms with Crippen molar-refractivity contribution < 1.29 is 10.0 Å². The first-order chi connectivity index (χ1) is 7.96. The molecule has 1 amide bonds. The molecule has 1 fully saturated rings. The van der Waals surface area contributed by atoms with Crippen molar-refractivity contribution >= 4 is 11.7 Å². The van der Waals surface area contributed by atoms with Gasteiger partial charge in [-0.2, -0.15) is 0 Å². The first-order valence-electron chi connectivity index (χ1n) is 6.22. The van der Waals surface area contributed by atoms with E-state index in [0.29, 0.717) is 18.9 Å². The molecular weight excluding hydrogens is 218 g/mol. The van der Waals surface area contributed by atoms with Gasteiger partial charge in [-0.1, -0.05) is 25.9 Å². The average Bonchev–Trinajstić information content (AvgIpc) is 3.08. The van der Waals surface area contributed by atoms with Crippen LogP contribution in [0.5, 0.6) is 0 Å². The lowest BCUT2D eigenvalue weighted by Crippen LogP contribution is -2.41. The van der Waals surface area contributed by atoms with Crippen LogP contribution >= 0.6 is 0 Å². The molecule has 5 heteroatoms. The lowest BCUT2D eigenvalue weighted by molar-refractivity contribution is -0.123. The van der Waals surface area contributed by atoms with Crippen LogP contribution in [0, 0.1) is 17.3 Å². The molecule has 0 heterocycles. The molecule has 0 saturated heterocycles. The van der Waals surface area contributed by atoms with E-state index in [1.807, 2.05) is 6.92 Å². The summed E-state index contributed by atoms with van der Waals surface area (Å²) in [4.78, 5) is 11.9. The van der Waals surface area contributed by atoms with E-state index in [9.17, 15) is 4.79 Å². The number of rotatable bonds is 6. The van der Waals surface area contributed by atoms with Crippen LogP contribution in [0.1, 0.15) is 40.0 Å². The van der Waals surface area contributed by atoms with Crippen molar-refractivity contribution in [2.45, 2.75) is 40.0 Å². The number of hydrogen-bond acceptors (Lipinski definition) is 3. The van der Waals surface area contributed by atoms with Gasteiger partial charge in [0.1, 0.15) is 0 Å². The normalized spacial score (nSPS) is 20.1. The van der Waals surface area contributed by atoms with Crippen LogP contribution < -0.4 is 11.1 Å². The number of carbonyl (C=O) groups is 1. The van der Waals surface area contributed by atoms with E-state index < -0.39 is 5.92 Å². The molecule has 0 aliphatic heterocycles. The zero-order valence-corrected chi connectivity index (χ0v) is 10.9. The Morgan fingerprint density at radius 3 is 2.47 bits per heavy atom. The Hall–Kier alpha value is -1.26. The Morgan fingerprint density at radius 1 is 1.53 bits per heavy atom. The molecular formula is C12H23N3O2. The Bertz CT molecular complexity index is 309. The first-order valence-corrected chi connectivity index (χ1v) is 6.22. The quantitative estimate of drug-likeness (QED) is 0.283. The van der Waals surface area contributed by atoms with Gasteiger partial charge in [0.25, 0.3) is 0 Å². The largest absolute Gasteiger partial charge is 0.409 e. The topological polar surface area (TPSA) is 87.7 Å². The summed E-state index contributed by atoms with van der Waals surface area (Å²) in [6, 6.07) is 0. The van der Waals surface area contributed by atoms with Crippen LogP contribution in [0.3, 0.4) is 0 Å². The molecule has 1 atom stereocenters. The highest BCUT2D eigenvalue weighted by Gasteiger charge is 2.45. The molecule has 0 aromatic heterocycles. The molecule has 1 unspecified atom stereocenters. The number of nitrogens with two attached hydrogens (primary N) is 1. The van der Waals surface area contributed by atoms with Crippen LogP contribution in [-0.4, -0.2) is 23.5 Å². The molecule has 1 saturated carbocycles. The zero-order valence-electron chi connectivity index (χ0n) is 10.9. The summed E-state index contributed by atoms with van der Waals surface area (Å²) >= 11 is 0. The van der Waals surface area contributed by atoms with E-state index in [2.05, 4.69) is 24.3 Å². The summed E-state index contributed by atoms with van der Waals surface area (Å²) in [5, 5.41) is 14.4. The second kappa shape index (κ2) is 5.38. The summed E-state index contributed by atoms with van der Waals surface area (Å²) in [6.45, 7) is 6.90. The van der Waals surface area contributed by atoms with Gasteiger partial charge in [-0.15, -0.1) is 0 Å². The third kappa shape index (κ3) is 3.11. The van der Waals surface area contributed by atoms with Crippen LogP contribution in [0.2, 0.25) is 0 Å². The number of nitrogens with zero attached hydrogens (tertiary/aromatic N) is 1. The van der Waals surface area contributed by atoms with Gasteiger partial charge < -0.3 is 16.3 Å². The molecule has 1 aliphatic carbocycles. The molecule has 0 bridgehead atoms. The van der Waals surface area contributed by atoms with Gasteiger partial charge in [-0.05, 0) is 30.6 Å². The van der Waals surface area contributed by atoms with Crippen LogP contribution in [-0.2, 0) is 4.79 Å². The van der Waals surface area contributed by atoms with Gasteiger partial charge >= 0.3 is 0 Å². The van der Waals surface area contributed by atoms with Crippen molar-refractivity contribution in [1.29, 1.82) is 0 Å². The van der Waals surface area contributed by atoms with Crippen molar-refractivity contribution in [2.24, 2.45) is 28.1 Å². The maximum absolute atomic E-state index is 11.9. The summed E-state index contributed by atoms with van der Waals surface area (Å²) < 4.78 is 0. The van der Waals surface area contributed by atoms with Crippen molar-refractivity contribution in [2.75, 3.05) is 6.54 Å². The lowest BCUT2D eigenvalue weighted by Gasteiger charge is -2.21. The third-order valence-corrected chi connectivity index (χ3v) is 3.93. The fourth-order valence-electron chi connectivity index (χ4n) is 2.10. The molecule has 0 radical (unpaired) electrons. The second-order valence-corrected chi connectivity index (χ2v) is 5.22. The molecule has 0 aromatic rings. The Kier molecular flexibility index (Phi) is 4.37. The second-order valence-electron chi connectivity index (χ2n) is 5.22. The molecule has 0 spiro atoms. The van der Waals surface area contributed by atoms with Gasteiger partial charge in [-0.25, -0.2) is 0 Å². The minimum atomic E-state index is -0.525. The van der Waals surface area contributed by atoms with E-state index in [1.54, 1.807) is 0 Å². The minimum Gasteiger partial charge on any atom is -0.409 e. The Labute approximate surface area is 102 Å². The smallest absolute Gasteiger partial charge is 0.230 e. The van der Waals surface area contributed by atoms with Gasteiger partial charge in [0, 0.05) is 6.54 Å². The van der Waals surface area contributed by atoms with E-state index in [4.69, 9.17) is 10.9 Å². The highest BCUT2D eigenvalue weighted by molar-refractivity contribution is 6.01. The molecule has 4 N–H and O–H groups in total. The van der Waals surface area contributed by atoms with Crippen molar-refractivity contribution in [3.63, 3.8) is 0 Å². The minimum absolute atomic E-state index is 0.0145. The fourth-order valence-corrected chi connectivity index (χ4v) is 2.10. The van der Waals surface area contributed by atoms with E-state index >= 15 is 0 Å². The highest BCUT2D eigenvalue weighted by atomic mass is 16.4. The molecule has 5 nitrogen and oxygen atoms in total. The average molecular weight is 241 g/mol. The monoisotopic (exact) mass is 241 g/mol. The Morgan fingerprint density at radius 2 is 2.12 bits per heavy atom.